The Labute approximate surface area is 282 Å². The third-order valence-electron chi connectivity index (χ3n) is 8.60. The van der Waals surface area contributed by atoms with Gasteiger partial charge >= 0.3 is 12.0 Å². The molecule has 0 saturated heterocycles. The van der Waals surface area contributed by atoms with Gasteiger partial charge in [-0.3, -0.25) is 4.79 Å². The van der Waals surface area contributed by atoms with E-state index in [0.717, 1.165) is 37.4 Å². The zero-order chi connectivity index (χ0) is 33.1. The number of urea groups is 1. The minimum absolute atomic E-state index is 0.00613. The van der Waals surface area contributed by atoms with Crippen LogP contribution < -0.4 is 16.0 Å². The fourth-order valence-corrected chi connectivity index (χ4v) is 6.37. The van der Waals surface area contributed by atoms with Crippen LogP contribution in [0.5, 0.6) is 0 Å². The number of amides is 3. The Kier molecular flexibility index (Phi) is 34.3. The first kappa shape index (κ1) is 43.6. The van der Waals surface area contributed by atoms with Crippen molar-refractivity contribution in [3.8, 4) is 0 Å². The molecule has 0 unspecified atom stereocenters. The largest absolute Gasteiger partial charge is 0.480 e. The maximum Gasteiger partial charge on any atom is 0.327 e. The average molecular weight is 656 g/mol. The fraction of sp³-hybridized carbons (Fsp3) is 0.919. The molecule has 0 aliphatic carbocycles. The molecule has 1 atom stereocenters. The number of carboxylic acid groups (broad SMARTS) is 1. The minimum atomic E-state index is -1.13. The molecule has 0 aliphatic heterocycles. The molecule has 8 heteroatoms. The fourth-order valence-electron chi connectivity index (χ4n) is 5.63. The predicted molar refractivity (Wildman–Crippen MR) is 194 cm³/mol. The summed E-state index contributed by atoms with van der Waals surface area (Å²) in [6, 6.07) is -1.58. The van der Waals surface area contributed by atoms with Gasteiger partial charge in [0, 0.05) is 18.8 Å². The van der Waals surface area contributed by atoms with Crippen molar-refractivity contribution in [2.45, 2.75) is 200 Å². The van der Waals surface area contributed by atoms with E-state index >= 15 is 0 Å². The first-order valence-electron chi connectivity index (χ1n) is 19.2. The second-order valence-corrected chi connectivity index (χ2v) is 14.0. The van der Waals surface area contributed by atoms with E-state index in [1.165, 1.54) is 154 Å². The third kappa shape index (κ3) is 33.7. The number of aliphatic carboxylic acids is 1. The van der Waals surface area contributed by atoms with E-state index in [9.17, 15) is 19.5 Å². The highest BCUT2D eigenvalue weighted by Crippen LogP contribution is 2.14. The van der Waals surface area contributed by atoms with E-state index < -0.39 is 18.0 Å². The topological polar surface area (TPSA) is 108 Å². The zero-order valence-corrected chi connectivity index (χ0v) is 30.4. The Morgan fingerprint density at radius 1 is 0.489 bits per heavy atom. The van der Waals surface area contributed by atoms with Gasteiger partial charge in [-0.15, -0.1) is 0 Å². The van der Waals surface area contributed by atoms with Crippen LogP contribution in [0.15, 0.2) is 0 Å². The van der Waals surface area contributed by atoms with Crippen LogP contribution in [0, 0.1) is 0 Å². The number of thioether (sulfide) groups is 1. The molecule has 0 aromatic rings. The van der Waals surface area contributed by atoms with Crippen LogP contribution in [-0.4, -0.2) is 47.2 Å². The number of unbranched alkanes of at least 4 members (excludes halogenated alkanes) is 26. The van der Waals surface area contributed by atoms with Crippen LogP contribution in [0.25, 0.3) is 0 Å². The zero-order valence-electron chi connectivity index (χ0n) is 29.6. The normalized spacial score (nSPS) is 11.8. The Bertz CT molecular complexity index is 680. The maximum absolute atomic E-state index is 12.2. The van der Waals surface area contributed by atoms with Crippen LogP contribution in [0.4, 0.5) is 9.59 Å². The van der Waals surface area contributed by atoms with Crippen LogP contribution in [0.2, 0.25) is 0 Å². The summed E-state index contributed by atoms with van der Waals surface area (Å²) in [5, 5.41) is 17.3. The van der Waals surface area contributed by atoms with Crippen molar-refractivity contribution in [3.05, 3.63) is 0 Å². The lowest BCUT2D eigenvalue weighted by Crippen LogP contribution is -2.47. The third-order valence-corrected chi connectivity index (χ3v) is 9.51. The monoisotopic (exact) mass is 656 g/mol. The van der Waals surface area contributed by atoms with Gasteiger partial charge in [-0.1, -0.05) is 193 Å². The lowest BCUT2D eigenvalue weighted by Gasteiger charge is -2.15. The van der Waals surface area contributed by atoms with Gasteiger partial charge in [-0.05, 0) is 12.8 Å². The quantitative estimate of drug-likeness (QED) is 0.0516. The second-order valence-electron chi connectivity index (χ2n) is 13.0. The summed E-state index contributed by atoms with van der Waals surface area (Å²) in [6.07, 6.45) is 36.1. The van der Waals surface area contributed by atoms with E-state index in [4.69, 9.17) is 0 Å². The Balaban J connectivity index is 3.61. The van der Waals surface area contributed by atoms with Gasteiger partial charge in [0.1, 0.15) is 6.04 Å². The average Bonchev–Trinajstić information content (AvgIpc) is 3.02. The van der Waals surface area contributed by atoms with Gasteiger partial charge < -0.3 is 21.1 Å². The highest BCUT2D eigenvalue weighted by Gasteiger charge is 2.21. The molecule has 0 radical (unpaired) electrons. The molecular weight excluding hydrogens is 582 g/mol. The van der Waals surface area contributed by atoms with Crippen molar-refractivity contribution < 1.29 is 19.5 Å². The maximum atomic E-state index is 12.2. The molecule has 7 nitrogen and oxygen atoms in total. The van der Waals surface area contributed by atoms with Crippen LogP contribution in [0.3, 0.4) is 0 Å². The van der Waals surface area contributed by atoms with Crippen LogP contribution in [-0.2, 0) is 4.79 Å². The summed E-state index contributed by atoms with van der Waals surface area (Å²) in [7, 11) is 0. The molecule has 0 spiro atoms. The molecule has 0 rings (SSSR count). The number of rotatable bonds is 34. The molecule has 4 N–H and O–H groups in total. The van der Waals surface area contributed by atoms with E-state index in [1.54, 1.807) is 0 Å². The highest BCUT2D eigenvalue weighted by atomic mass is 32.2. The molecule has 0 aromatic heterocycles. The van der Waals surface area contributed by atoms with E-state index in [1.807, 2.05) is 0 Å². The summed E-state index contributed by atoms with van der Waals surface area (Å²) < 4.78 is 0. The number of carbonyl (C=O) groups is 3. The van der Waals surface area contributed by atoms with Crippen LogP contribution in [0.1, 0.15) is 194 Å². The molecule has 0 saturated carbocycles. The minimum Gasteiger partial charge on any atom is -0.480 e. The second kappa shape index (κ2) is 35.4. The van der Waals surface area contributed by atoms with Gasteiger partial charge in [-0.2, -0.15) is 0 Å². The first-order valence-corrected chi connectivity index (χ1v) is 20.2. The number of hydrogen-bond donors (Lipinski definition) is 4. The molecule has 0 fully saturated rings. The van der Waals surface area contributed by atoms with Gasteiger partial charge in [0.05, 0.1) is 0 Å². The standard InChI is InChI=1S/C37H73N3O4S/c1-3-5-7-9-11-13-15-17-19-21-23-25-27-29-31-38-36(43)40-34(35(41)42)33-45-37(44)39-32-30-28-26-24-22-20-18-16-14-12-10-8-6-4-2/h34H,3-33H2,1-2H3,(H,39,44)(H,41,42)(H2,38,40,43)/t34-/m0/s1. The van der Waals surface area contributed by atoms with Gasteiger partial charge in [0.15, 0.2) is 0 Å². The molecular formula is C37H73N3O4S. The van der Waals surface area contributed by atoms with Crippen molar-refractivity contribution in [2.75, 3.05) is 18.8 Å². The van der Waals surface area contributed by atoms with Crippen molar-refractivity contribution in [2.24, 2.45) is 0 Å². The molecule has 266 valence electrons. The predicted octanol–water partition coefficient (Wildman–Crippen LogP) is 11.1. The molecule has 0 heterocycles. The highest BCUT2D eigenvalue weighted by molar-refractivity contribution is 8.13. The van der Waals surface area contributed by atoms with E-state index in [-0.39, 0.29) is 11.0 Å². The van der Waals surface area contributed by atoms with Gasteiger partial charge in [0.2, 0.25) is 0 Å². The molecule has 0 aromatic carbocycles. The summed E-state index contributed by atoms with van der Waals surface area (Å²) in [5.41, 5.74) is 0. The van der Waals surface area contributed by atoms with Gasteiger partial charge in [0.25, 0.3) is 5.24 Å². The van der Waals surface area contributed by atoms with Crippen molar-refractivity contribution in [1.29, 1.82) is 0 Å². The first-order chi connectivity index (χ1) is 22.0. The SMILES string of the molecule is CCCCCCCCCCCCCCCCNC(=O)N[C@@H](CSC(=O)NCCCCCCCCCCCCCCCC)C(=O)O. The Morgan fingerprint density at radius 3 is 1.13 bits per heavy atom. The van der Waals surface area contributed by atoms with E-state index in [2.05, 4.69) is 29.8 Å². The van der Waals surface area contributed by atoms with Crippen LogP contribution >= 0.6 is 11.8 Å². The summed E-state index contributed by atoms with van der Waals surface area (Å²) >= 11 is 0.917. The molecule has 45 heavy (non-hydrogen) atoms. The number of nitrogens with one attached hydrogen (secondary N) is 3. The number of hydrogen-bond acceptors (Lipinski definition) is 4. The summed E-state index contributed by atoms with van der Waals surface area (Å²) in [4.78, 5) is 35.9. The summed E-state index contributed by atoms with van der Waals surface area (Å²) in [5.74, 6) is -1.12. The van der Waals surface area contributed by atoms with Crippen molar-refractivity contribution >= 4 is 29.0 Å². The smallest absolute Gasteiger partial charge is 0.327 e. The molecule has 0 aliphatic rings. The Hall–Kier alpha value is -1.44. The lowest BCUT2D eigenvalue weighted by atomic mass is 10.0. The van der Waals surface area contributed by atoms with Crippen molar-refractivity contribution in [1.82, 2.24) is 16.0 Å². The van der Waals surface area contributed by atoms with Crippen molar-refractivity contribution in [3.63, 3.8) is 0 Å². The Morgan fingerprint density at radius 2 is 0.800 bits per heavy atom. The number of carbonyl (C=O) groups excluding carboxylic acids is 2. The lowest BCUT2D eigenvalue weighted by molar-refractivity contribution is -0.138. The molecule has 0 bridgehead atoms. The van der Waals surface area contributed by atoms with E-state index in [0.29, 0.717) is 13.1 Å². The number of carboxylic acids is 1. The van der Waals surface area contributed by atoms with Gasteiger partial charge in [-0.25, -0.2) is 9.59 Å². The summed E-state index contributed by atoms with van der Waals surface area (Å²) in [6.45, 7) is 5.66. The molecule has 3 amide bonds.